The van der Waals surface area contributed by atoms with Gasteiger partial charge in [0.05, 0.1) is 25.3 Å². The molecule has 30 heavy (non-hydrogen) atoms. The second-order valence-corrected chi connectivity index (χ2v) is 7.36. The number of aromatic nitrogens is 1. The summed E-state index contributed by atoms with van der Waals surface area (Å²) in [5.74, 6) is -0.569. The maximum absolute atomic E-state index is 13.8. The van der Waals surface area contributed by atoms with Gasteiger partial charge in [0.1, 0.15) is 17.7 Å². The molecule has 0 aliphatic carbocycles. The first-order chi connectivity index (χ1) is 14.6. The van der Waals surface area contributed by atoms with Crippen LogP contribution in [0.5, 0.6) is 0 Å². The van der Waals surface area contributed by atoms with Gasteiger partial charge in [0.2, 0.25) is 5.91 Å². The molecule has 0 unspecified atom stereocenters. The van der Waals surface area contributed by atoms with Crippen LogP contribution >= 0.6 is 0 Å². The van der Waals surface area contributed by atoms with Gasteiger partial charge >= 0.3 is 0 Å². The zero-order valence-corrected chi connectivity index (χ0v) is 16.4. The number of hydrogen-bond acceptors (Lipinski definition) is 3. The van der Waals surface area contributed by atoms with E-state index in [1.807, 2.05) is 18.2 Å². The van der Waals surface area contributed by atoms with Gasteiger partial charge in [0.15, 0.2) is 0 Å². The number of carbonyl (C=O) groups excluding carboxylic acids is 1. The fourth-order valence-electron chi connectivity index (χ4n) is 3.54. The molecule has 1 amide bonds. The molecule has 1 atom stereocenters. The highest BCUT2D eigenvalue weighted by Crippen LogP contribution is 2.22. The number of carbonyl (C=O) groups is 1. The molecule has 1 aliphatic rings. The molecule has 154 valence electrons. The minimum atomic E-state index is -0.317. The zero-order chi connectivity index (χ0) is 20.9. The van der Waals surface area contributed by atoms with Crippen molar-refractivity contribution in [3.05, 3.63) is 101 Å². The van der Waals surface area contributed by atoms with Gasteiger partial charge in [0.25, 0.3) is 0 Å². The number of halogens is 2. The topological polar surface area (TPSA) is 42.4 Å². The van der Waals surface area contributed by atoms with E-state index >= 15 is 0 Å². The monoisotopic (exact) mass is 408 g/mol. The molecule has 2 heterocycles. The number of benzene rings is 2. The number of ether oxygens (including phenoxy) is 1. The molecular weight excluding hydrogens is 386 g/mol. The summed E-state index contributed by atoms with van der Waals surface area (Å²) in [6.07, 6.45) is 2.11. The summed E-state index contributed by atoms with van der Waals surface area (Å²) in [5, 5.41) is 0. The molecule has 4 rings (SSSR count). The van der Waals surface area contributed by atoms with Crippen molar-refractivity contribution >= 4 is 5.91 Å². The maximum Gasteiger partial charge on any atom is 0.227 e. The lowest BCUT2D eigenvalue weighted by Crippen LogP contribution is -2.43. The number of morpholine rings is 1. The highest BCUT2D eigenvalue weighted by Gasteiger charge is 2.26. The van der Waals surface area contributed by atoms with Crippen LogP contribution in [-0.4, -0.2) is 35.5 Å². The SMILES string of the molecule is O=C(Cc1ccc(F)cc1)N1CCO[C@@H](c2ccc(Cc3ccccc3F)cn2)C1. The van der Waals surface area contributed by atoms with E-state index < -0.39 is 0 Å². The van der Waals surface area contributed by atoms with Gasteiger partial charge in [-0.05, 0) is 41.0 Å². The second-order valence-electron chi connectivity index (χ2n) is 7.36. The largest absolute Gasteiger partial charge is 0.368 e. The predicted octanol–water partition coefficient (Wildman–Crippen LogP) is 4.09. The van der Waals surface area contributed by atoms with Gasteiger partial charge in [-0.2, -0.15) is 0 Å². The van der Waals surface area contributed by atoms with Crippen molar-refractivity contribution in [2.24, 2.45) is 0 Å². The van der Waals surface area contributed by atoms with Gasteiger partial charge in [-0.1, -0.05) is 36.4 Å². The third-order valence-electron chi connectivity index (χ3n) is 5.22. The molecule has 0 N–H and O–H groups in total. The maximum atomic E-state index is 13.8. The summed E-state index contributed by atoms with van der Waals surface area (Å²) in [5.41, 5.74) is 3.05. The van der Waals surface area contributed by atoms with Gasteiger partial charge < -0.3 is 9.64 Å². The average Bonchev–Trinajstić information content (AvgIpc) is 2.77. The summed E-state index contributed by atoms with van der Waals surface area (Å²) in [7, 11) is 0. The Kier molecular flexibility index (Phi) is 6.14. The Hall–Kier alpha value is -3.12. The van der Waals surface area contributed by atoms with Crippen LogP contribution in [0.2, 0.25) is 0 Å². The Bertz CT molecular complexity index is 1010. The van der Waals surface area contributed by atoms with E-state index in [2.05, 4.69) is 4.98 Å². The molecule has 0 bridgehead atoms. The number of amides is 1. The molecule has 6 heteroatoms. The molecule has 1 aliphatic heterocycles. The predicted molar refractivity (Wildman–Crippen MR) is 109 cm³/mol. The smallest absolute Gasteiger partial charge is 0.227 e. The first-order valence-corrected chi connectivity index (χ1v) is 9.90. The van der Waals surface area contributed by atoms with Crippen LogP contribution in [0.3, 0.4) is 0 Å². The quantitative estimate of drug-likeness (QED) is 0.639. The number of hydrogen-bond donors (Lipinski definition) is 0. The summed E-state index contributed by atoms with van der Waals surface area (Å²) in [4.78, 5) is 18.9. The lowest BCUT2D eigenvalue weighted by Gasteiger charge is -2.32. The van der Waals surface area contributed by atoms with Crippen LogP contribution in [0.1, 0.15) is 28.5 Å². The van der Waals surface area contributed by atoms with Crippen molar-refractivity contribution < 1.29 is 18.3 Å². The fraction of sp³-hybridized carbons (Fsp3) is 0.250. The number of rotatable bonds is 5. The van der Waals surface area contributed by atoms with Crippen molar-refractivity contribution in [1.29, 1.82) is 0 Å². The van der Waals surface area contributed by atoms with E-state index in [1.54, 1.807) is 35.4 Å². The summed E-state index contributed by atoms with van der Waals surface area (Å²) in [6.45, 7) is 1.36. The third kappa shape index (κ3) is 4.89. The van der Waals surface area contributed by atoms with E-state index in [4.69, 9.17) is 4.74 Å². The molecule has 0 saturated carbocycles. The first kappa shape index (κ1) is 20.2. The van der Waals surface area contributed by atoms with Crippen molar-refractivity contribution in [2.45, 2.75) is 18.9 Å². The molecule has 1 fully saturated rings. The molecule has 2 aromatic carbocycles. The van der Waals surface area contributed by atoms with Gasteiger partial charge in [0, 0.05) is 19.2 Å². The standard InChI is InChI=1S/C24H22F2N2O2/c25-20-8-5-17(6-9-20)14-24(29)28-11-12-30-23(16-28)22-10-7-18(15-27-22)13-19-3-1-2-4-21(19)26/h1-10,15,23H,11-14,16H2/t23-/m1/s1. The number of nitrogens with zero attached hydrogens (tertiary/aromatic N) is 2. The molecule has 1 saturated heterocycles. The Labute approximate surface area is 174 Å². The third-order valence-corrected chi connectivity index (χ3v) is 5.22. The lowest BCUT2D eigenvalue weighted by molar-refractivity contribution is -0.138. The van der Waals surface area contributed by atoms with E-state index in [1.165, 1.54) is 18.2 Å². The van der Waals surface area contributed by atoms with Crippen molar-refractivity contribution in [1.82, 2.24) is 9.88 Å². The van der Waals surface area contributed by atoms with Crippen LogP contribution < -0.4 is 0 Å². The Morgan fingerprint density at radius 1 is 1.03 bits per heavy atom. The van der Waals surface area contributed by atoms with E-state index in [0.29, 0.717) is 31.7 Å². The Balaban J connectivity index is 1.38. The fourth-order valence-corrected chi connectivity index (χ4v) is 3.54. The molecule has 0 spiro atoms. The lowest BCUT2D eigenvalue weighted by atomic mass is 10.0. The molecule has 0 radical (unpaired) electrons. The van der Waals surface area contributed by atoms with Crippen LogP contribution in [0.4, 0.5) is 8.78 Å². The van der Waals surface area contributed by atoms with Crippen molar-refractivity contribution in [3.8, 4) is 0 Å². The summed E-state index contributed by atoms with van der Waals surface area (Å²) in [6, 6.07) is 16.4. The van der Waals surface area contributed by atoms with Gasteiger partial charge in [-0.3, -0.25) is 9.78 Å². The Morgan fingerprint density at radius 3 is 2.53 bits per heavy atom. The van der Waals surface area contributed by atoms with Gasteiger partial charge in [-0.25, -0.2) is 8.78 Å². The number of pyridine rings is 1. The minimum absolute atomic E-state index is 0.0221. The Morgan fingerprint density at radius 2 is 1.80 bits per heavy atom. The average molecular weight is 408 g/mol. The first-order valence-electron chi connectivity index (χ1n) is 9.90. The van der Waals surface area contributed by atoms with E-state index in [-0.39, 0.29) is 30.1 Å². The summed E-state index contributed by atoms with van der Waals surface area (Å²) < 4.78 is 32.7. The molecule has 1 aromatic heterocycles. The second kappa shape index (κ2) is 9.13. The molecule has 3 aromatic rings. The molecule has 4 nitrogen and oxygen atoms in total. The normalized spacial score (nSPS) is 16.5. The van der Waals surface area contributed by atoms with Gasteiger partial charge in [-0.15, -0.1) is 0 Å². The highest BCUT2D eigenvalue weighted by molar-refractivity contribution is 5.78. The van der Waals surface area contributed by atoms with E-state index in [0.717, 1.165) is 16.8 Å². The van der Waals surface area contributed by atoms with Crippen LogP contribution in [-0.2, 0) is 22.4 Å². The van der Waals surface area contributed by atoms with Crippen LogP contribution in [0.25, 0.3) is 0 Å². The van der Waals surface area contributed by atoms with Crippen LogP contribution in [0.15, 0.2) is 66.9 Å². The summed E-state index contributed by atoms with van der Waals surface area (Å²) >= 11 is 0. The minimum Gasteiger partial charge on any atom is -0.368 e. The highest BCUT2D eigenvalue weighted by atomic mass is 19.1. The molecular formula is C24H22F2N2O2. The van der Waals surface area contributed by atoms with Crippen molar-refractivity contribution in [2.75, 3.05) is 19.7 Å². The van der Waals surface area contributed by atoms with E-state index in [9.17, 15) is 13.6 Å². The van der Waals surface area contributed by atoms with Crippen molar-refractivity contribution in [3.63, 3.8) is 0 Å². The zero-order valence-electron chi connectivity index (χ0n) is 16.4. The van der Waals surface area contributed by atoms with Crippen LogP contribution in [0, 0.1) is 11.6 Å².